The fraction of sp³-hybridized carbons (Fsp3) is 0.571. The van der Waals surface area contributed by atoms with Crippen molar-refractivity contribution in [1.29, 1.82) is 0 Å². The Kier molecular flexibility index (Phi) is 6.79. The quantitative estimate of drug-likeness (QED) is 0.719. The van der Waals surface area contributed by atoms with Crippen molar-refractivity contribution in [2.24, 2.45) is 5.92 Å². The van der Waals surface area contributed by atoms with Crippen LogP contribution >= 0.6 is 0 Å². The lowest BCUT2D eigenvalue weighted by Crippen LogP contribution is -2.47. The highest BCUT2D eigenvalue weighted by molar-refractivity contribution is 5.82. The molecule has 1 atom stereocenters. The molecule has 0 saturated carbocycles. The van der Waals surface area contributed by atoms with E-state index < -0.39 is 6.04 Å². The number of halogens is 1. The van der Waals surface area contributed by atoms with Crippen LogP contribution in [0.25, 0.3) is 0 Å². The van der Waals surface area contributed by atoms with Gasteiger partial charge >= 0.3 is 0 Å². The van der Waals surface area contributed by atoms with Gasteiger partial charge in [-0.1, -0.05) is 12.1 Å². The maximum atomic E-state index is 13.4. The number of tetrazole rings is 1. The van der Waals surface area contributed by atoms with Gasteiger partial charge in [0.2, 0.25) is 11.8 Å². The summed E-state index contributed by atoms with van der Waals surface area (Å²) in [5, 5.41) is 11.6. The summed E-state index contributed by atoms with van der Waals surface area (Å²) in [5.74, 6) is 0.207. The highest BCUT2D eigenvalue weighted by Crippen LogP contribution is 2.24. The van der Waals surface area contributed by atoms with E-state index in [4.69, 9.17) is 0 Å². The van der Waals surface area contributed by atoms with Crippen molar-refractivity contribution in [2.45, 2.75) is 52.1 Å². The first-order valence-electron chi connectivity index (χ1n) is 10.3. The van der Waals surface area contributed by atoms with Gasteiger partial charge in [0.25, 0.3) is 0 Å². The van der Waals surface area contributed by atoms with E-state index in [-0.39, 0.29) is 29.6 Å². The summed E-state index contributed by atoms with van der Waals surface area (Å²) < 4.78 is 14.8. The molecule has 2 amide bonds. The topological polar surface area (TPSA) is 84.2 Å². The number of hydrogen-bond donors (Lipinski definition) is 0. The number of carbonyl (C=O) groups is 2. The average Bonchev–Trinajstić information content (AvgIpc) is 3.17. The number of rotatable bonds is 6. The number of aryl methyl sites for hydroxylation is 1. The van der Waals surface area contributed by atoms with Crippen LogP contribution in [0.4, 0.5) is 4.39 Å². The van der Waals surface area contributed by atoms with Gasteiger partial charge in [-0.3, -0.25) is 9.59 Å². The number of amides is 2. The third-order valence-corrected chi connectivity index (χ3v) is 5.86. The Morgan fingerprint density at radius 1 is 1.20 bits per heavy atom. The van der Waals surface area contributed by atoms with E-state index in [1.807, 2.05) is 20.9 Å². The van der Waals surface area contributed by atoms with Crippen LogP contribution in [-0.4, -0.2) is 68.0 Å². The van der Waals surface area contributed by atoms with Gasteiger partial charge < -0.3 is 9.80 Å². The predicted molar refractivity (Wildman–Crippen MR) is 109 cm³/mol. The van der Waals surface area contributed by atoms with Crippen molar-refractivity contribution in [3.8, 4) is 0 Å². The maximum Gasteiger partial charge on any atom is 0.247 e. The van der Waals surface area contributed by atoms with Gasteiger partial charge in [0.05, 0.1) is 0 Å². The molecule has 2 heterocycles. The summed E-state index contributed by atoms with van der Waals surface area (Å²) in [6.07, 6.45) is 1.64. The second-order valence-corrected chi connectivity index (χ2v) is 8.16. The molecule has 162 valence electrons. The van der Waals surface area contributed by atoms with Gasteiger partial charge in [-0.2, -0.15) is 0 Å². The van der Waals surface area contributed by atoms with Gasteiger partial charge in [-0.25, -0.2) is 9.07 Å². The van der Waals surface area contributed by atoms with Crippen LogP contribution in [0.1, 0.15) is 44.1 Å². The fourth-order valence-corrected chi connectivity index (χ4v) is 3.75. The van der Waals surface area contributed by atoms with E-state index in [1.165, 1.54) is 16.8 Å². The van der Waals surface area contributed by atoms with E-state index in [0.717, 1.165) is 5.56 Å². The third-order valence-electron chi connectivity index (χ3n) is 5.86. The molecule has 8 nitrogen and oxygen atoms in total. The summed E-state index contributed by atoms with van der Waals surface area (Å²) in [6, 6.07) is 5.64. The number of piperidine rings is 1. The molecule has 0 aliphatic carbocycles. The number of nitrogens with zero attached hydrogens (tertiary/aromatic N) is 6. The van der Waals surface area contributed by atoms with Gasteiger partial charge in [0.15, 0.2) is 0 Å². The van der Waals surface area contributed by atoms with Crippen molar-refractivity contribution in [2.75, 3.05) is 20.1 Å². The third kappa shape index (κ3) is 4.83. The first-order chi connectivity index (χ1) is 14.3. The Labute approximate surface area is 176 Å². The number of carbonyl (C=O) groups excluding carboxylic acids is 2. The van der Waals surface area contributed by atoms with E-state index in [9.17, 15) is 14.0 Å². The minimum atomic E-state index is -0.615. The number of benzene rings is 1. The highest BCUT2D eigenvalue weighted by Gasteiger charge is 2.34. The van der Waals surface area contributed by atoms with Gasteiger partial charge in [-0.15, -0.1) is 5.10 Å². The van der Waals surface area contributed by atoms with Crippen LogP contribution in [0.3, 0.4) is 0 Å². The molecule has 1 aromatic heterocycles. The monoisotopic (exact) mass is 416 g/mol. The van der Waals surface area contributed by atoms with Crippen molar-refractivity contribution in [3.63, 3.8) is 0 Å². The Bertz CT molecular complexity index is 874. The summed E-state index contributed by atoms with van der Waals surface area (Å²) in [5.41, 5.74) is 0.827. The standard InChI is InChI=1S/C21H29FN6O2/c1-14(2)26(4)20(29)17-9-11-27(12-10-17)21(30)19(28-15(3)23-24-25-28)13-16-5-7-18(22)8-6-16/h5-8,14,17,19H,9-13H2,1-4H3/t19-/m1/s1. The molecule has 1 aromatic carbocycles. The van der Waals surface area contributed by atoms with Crippen molar-refractivity contribution in [3.05, 3.63) is 41.5 Å². The number of hydrogen-bond acceptors (Lipinski definition) is 5. The summed E-state index contributed by atoms with van der Waals surface area (Å²) in [4.78, 5) is 29.5. The molecule has 9 heteroatoms. The van der Waals surface area contributed by atoms with E-state index in [0.29, 0.717) is 38.2 Å². The first kappa shape index (κ1) is 21.9. The van der Waals surface area contributed by atoms with E-state index >= 15 is 0 Å². The zero-order valence-corrected chi connectivity index (χ0v) is 18.0. The lowest BCUT2D eigenvalue weighted by Gasteiger charge is -2.35. The summed E-state index contributed by atoms with van der Waals surface area (Å²) >= 11 is 0. The predicted octanol–water partition coefficient (Wildman–Crippen LogP) is 2.01. The average molecular weight is 417 g/mol. The van der Waals surface area contributed by atoms with E-state index in [2.05, 4.69) is 15.5 Å². The van der Waals surface area contributed by atoms with Gasteiger partial charge in [0, 0.05) is 38.5 Å². The summed E-state index contributed by atoms with van der Waals surface area (Å²) in [7, 11) is 1.82. The van der Waals surface area contributed by atoms with Crippen LogP contribution in [0.2, 0.25) is 0 Å². The Morgan fingerprint density at radius 3 is 2.37 bits per heavy atom. The second kappa shape index (κ2) is 9.32. The normalized spacial score (nSPS) is 16.0. The first-order valence-corrected chi connectivity index (χ1v) is 10.3. The van der Waals surface area contributed by atoms with Crippen molar-refractivity contribution < 1.29 is 14.0 Å². The van der Waals surface area contributed by atoms with Gasteiger partial charge in [-0.05, 0) is 61.7 Å². The SMILES string of the molecule is Cc1nnnn1[C@H](Cc1ccc(F)cc1)C(=O)N1CCC(C(=O)N(C)C(C)C)CC1. The minimum Gasteiger partial charge on any atom is -0.343 e. The number of aromatic nitrogens is 4. The molecule has 2 aromatic rings. The largest absolute Gasteiger partial charge is 0.343 e. The molecule has 3 rings (SSSR count). The van der Waals surface area contributed by atoms with Gasteiger partial charge in [0.1, 0.15) is 17.7 Å². The Balaban J connectivity index is 1.72. The van der Waals surface area contributed by atoms with Crippen LogP contribution in [-0.2, 0) is 16.0 Å². The van der Waals surface area contributed by atoms with Crippen molar-refractivity contribution in [1.82, 2.24) is 30.0 Å². The molecule has 30 heavy (non-hydrogen) atoms. The van der Waals surface area contributed by atoms with Crippen LogP contribution < -0.4 is 0 Å². The molecule has 0 N–H and O–H groups in total. The Morgan fingerprint density at radius 2 is 1.83 bits per heavy atom. The molecule has 1 saturated heterocycles. The van der Waals surface area contributed by atoms with Crippen LogP contribution in [0.5, 0.6) is 0 Å². The van der Waals surface area contributed by atoms with Crippen LogP contribution in [0, 0.1) is 18.7 Å². The molecule has 1 aliphatic rings. The maximum absolute atomic E-state index is 13.4. The molecule has 0 radical (unpaired) electrons. The molecule has 1 fully saturated rings. The molecule has 0 spiro atoms. The zero-order chi connectivity index (χ0) is 21.8. The smallest absolute Gasteiger partial charge is 0.247 e. The Hall–Kier alpha value is -2.84. The van der Waals surface area contributed by atoms with Crippen molar-refractivity contribution >= 4 is 11.8 Å². The summed E-state index contributed by atoms with van der Waals surface area (Å²) in [6.45, 7) is 6.76. The fourth-order valence-electron chi connectivity index (χ4n) is 3.75. The minimum absolute atomic E-state index is 0.0632. The molecular formula is C21H29FN6O2. The molecule has 0 bridgehead atoms. The highest BCUT2D eigenvalue weighted by atomic mass is 19.1. The second-order valence-electron chi connectivity index (χ2n) is 8.16. The molecule has 1 aliphatic heterocycles. The lowest BCUT2D eigenvalue weighted by molar-refractivity contribution is -0.142. The zero-order valence-electron chi connectivity index (χ0n) is 18.0. The molecular weight excluding hydrogens is 387 g/mol. The van der Waals surface area contributed by atoms with Crippen LogP contribution in [0.15, 0.2) is 24.3 Å². The number of likely N-dealkylation sites (tertiary alicyclic amines) is 1. The lowest BCUT2D eigenvalue weighted by atomic mass is 9.94. The molecule has 0 unspecified atom stereocenters. The van der Waals surface area contributed by atoms with E-state index in [1.54, 1.807) is 28.9 Å².